The number of fused-ring (bicyclic) bond motifs is 1. The lowest BCUT2D eigenvalue weighted by molar-refractivity contribution is -0.192. The van der Waals surface area contributed by atoms with Crippen molar-refractivity contribution in [1.82, 2.24) is 14.8 Å². The number of ether oxygens (including phenoxy) is 1. The van der Waals surface area contributed by atoms with Gasteiger partial charge >= 0.3 is 12.1 Å². The number of aromatic nitrogens is 1. The first-order valence-electron chi connectivity index (χ1n) is 12.7. The van der Waals surface area contributed by atoms with Gasteiger partial charge in [0.15, 0.2) is 0 Å². The number of amides is 1. The molecule has 1 saturated heterocycles. The molecule has 13 heteroatoms. The lowest BCUT2D eigenvalue weighted by Crippen LogP contribution is -2.51. The van der Waals surface area contributed by atoms with Crippen molar-refractivity contribution in [3.8, 4) is 23.1 Å². The number of aromatic hydroxyl groups is 1. The van der Waals surface area contributed by atoms with Crippen LogP contribution in [-0.2, 0) is 4.79 Å². The predicted molar refractivity (Wildman–Crippen MR) is 148 cm³/mol. The maximum absolute atomic E-state index is 14.2. The van der Waals surface area contributed by atoms with Gasteiger partial charge in [0, 0.05) is 42.8 Å². The van der Waals surface area contributed by atoms with Gasteiger partial charge < -0.3 is 25.2 Å². The number of piperazine rings is 1. The second-order valence-electron chi connectivity index (χ2n) is 9.59. The molecular formula is C29H26ClF4N3O5. The van der Waals surface area contributed by atoms with E-state index in [0.717, 1.165) is 5.69 Å². The molecule has 1 amide bonds. The highest BCUT2D eigenvalue weighted by atomic mass is 35.5. The topological polar surface area (TPSA) is 104 Å². The molecule has 0 radical (unpaired) electrons. The highest BCUT2D eigenvalue weighted by molar-refractivity contribution is 6.33. The molecule has 2 heterocycles. The summed E-state index contributed by atoms with van der Waals surface area (Å²) in [7, 11) is 0. The van der Waals surface area contributed by atoms with Crippen molar-refractivity contribution in [2.24, 2.45) is 0 Å². The smallest absolute Gasteiger partial charge is 0.490 e. The van der Waals surface area contributed by atoms with E-state index in [2.05, 4.69) is 5.32 Å². The number of alkyl halides is 3. The number of nitrogens with one attached hydrogen (secondary N) is 1. The molecule has 222 valence electrons. The average Bonchev–Trinajstić information content (AvgIpc) is 3.23. The van der Waals surface area contributed by atoms with Crippen molar-refractivity contribution >= 4 is 34.4 Å². The number of carboxylic acids is 1. The molecule has 0 spiro atoms. The fraction of sp³-hybridized carbons (Fsp3) is 0.241. The second-order valence-corrected chi connectivity index (χ2v) is 10.0. The summed E-state index contributed by atoms with van der Waals surface area (Å²) in [6, 6.07) is 16.9. The Morgan fingerprint density at radius 3 is 2.38 bits per heavy atom. The molecule has 0 aliphatic carbocycles. The number of carboxylic acid groups (broad SMARTS) is 1. The van der Waals surface area contributed by atoms with E-state index in [1.165, 1.54) is 18.2 Å². The Kier molecular flexibility index (Phi) is 8.97. The Balaban J connectivity index is 0.000000517. The third-order valence-electron chi connectivity index (χ3n) is 6.48. The van der Waals surface area contributed by atoms with Crippen molar-refractivity contribution in [2.45, 2.75) is 26.1 Å². The zero-order valence-corrected chi connectivity index (χ0v) is 23.1. The first kappa shape index (κ1) is 30.7. The predicted octanol–water partition coefficient (Wildman–Crippen LogP) is 6.30. The van der Waals surface area contributed by atoms with Crippen LogP contribution >= 0.6 is 11.6 Å². The summed E-state index contributed by atoms with van der Waals surface area (Å²) in [5.74, 6) is -3.05. The number of halogens is 5. The van der Waals surface area contributed by atoms with E-state index in [-0.39, 0.29) is 34.2 Å². The van der Waals surface area contributed by atoms with Crippen LogP contribution in [-0.4, -0.2) is 63.4 Å². The Hall–Kier alpha value is -4.29. The fourth-order valence-corrected chi connectivity index (χ4v) is 4.63. The molecule has 3 N–H and O–H groups in total. The molecule has 1 atom stereocenters. The molecule has 8 nitrogen and oxygen atoms in total. The molecule has 1 aromatic heterocycles. The van der Waals surface area contributed by atoms with E-state index in [0.29, 0.717) is 41.9 Å². The molecule has 1 aliphatic rings. The van der Waals surface area contributed by atoms with Crippen LogP contribution in [0.25, 0.3) is 16.6 Å². The fourth-order valence-electron chi connectivity index (χ4n) is 4.47. The van der Waals surface area contributed by atoms with Crippen molar-refractivity contribution in [1.29, 1.82) is 0 Å². The standard InChI is InChI=1S/C27H25ClFN3O3.C2HF3O2/c1-16-8-9-18(29)12-24(16)35-27-25(26(34)31-11-10-30-17(2)15-31)20-13-23(33)21(28)14-22(20)32(27)19-6-4-3-5-7-19;3-2(4,5)1(6)7/h3-9,12-14,17,30,33H,10-11,15H2,1-2H3;(H,6,7)/t17-;/m0./s1. The summed E-state index contributed by atoms with van der Waals surface area (Å²) in [5.41, 5.74) is 2.32. The number of hydrogen-bond acceptors (Lipinski definition) is 5. The van der Waals surface area contributed by atoms with E-state index in [1.54, 1.807) is 21.6 Å². The second kappa shape index (κ2) is 12.3. The highest BCUT2D eigenvalue weighted by Gasteiger charge is 2.38. The normalized spacial score (nSPS) is 15.2. The number of para-hydroxylation sites is 1. The van der Waals surface area contributed by atoms with Crippen LogP contribution in [0.1, 0.15) is 22.8 Å². The van der Waals surface area contributed by atoms with Gasteiger partial charge in [-0.15, -0.1) is 0 Å². The van der Waals surface area contributed by atoms with Crippen LogP contribution in [0.15, 0.2) is 60.7 Å². The van der Waals surface area contributed by atoms with Gasteiger partial charge in [-0.1, -0.05) is 35.9 Å². The summed E-state index contributed by atoms with van der Waals surface area (Å²) in [6.07, 6.45) is -5.08. The SMILES string of the molecule is Cc1ccc(F)cc1Oc1c(C(=O)N2CCN[C@@H](C)C2)c2cc(O)c(Cl)cc2n1-c1ccccc1.O=C(O)C(F)(F)F. The quantitative estimate of drug-likeness (QED) is 0.235. The van der Waals surface area contributed by atoms with Crippen LogP contribution in [0.2, 0.25) is 5.02 Å². The molecule has 4 aromatic rings. The number of carbonyl (C=O) groups is 2. The van der Waals surface area contributed by atoms with Gasteiger partial charge in [0.05, 0.1) is 10.5 Å². The summed E-state index contributed by atoms with van der Waals surface area (Å²) in [6.45, 7) is 5.55. The largest absolute Gasteiger partial charge is 0.506 e. The molecule has 0 bridgehead atoms. The zero-order chi connectivity index (χ0) is 30.8. The number of hydrogen-bond donors (Lipinski definition) is 3. The number of carbonyl (C=O) groups excluding carboxylic acids is 1. The summed E-state index contributed by atoms with van der Waals surface area (Å²) < 4.78 is 54.0. The molecule has 0 saturated carbocycles. The number of benzene rings is 3. The van der Waals surface area contributed by atoms with Gasteiger partial charge in [-0.05, 0) is 49.7 Å². The molecular weight excluding hydrogens is 582 g/mol. The third kappa shape index (κ3) is 6.60. The lowest BCUT2D eigenvalue weighted by Gasteiger charge is -2.32. The van der Waals surface area contributed by atoms with E-state index in [1.807, 2.05) is 44.2 Å². The van der Waals surface area contributed by atoms with Crippen LogP contribution < -0.4 is 10.1 Å². The van der Waals surface area contributed by atoms with Gasteiger partial charge in [-0.2, -0.15) is 13.2 Å². The van der Waals surface area contributed by atoms with Crippen LogP contribution in [0.5, 0.6) is 17.4 Å². The van der Waals surface area contributed by atoms with E-state index >= 15 is 0 Å². The van der Waals surface area contributed by atoms with Crippen molar-refractivity contribution in [3.63, 3.8) is 0 Å². The number of phenolic OH excluding ortho intramolecular Hbond substituents is 1. The molecule has 1 aliphatic heterocycles. The number of phenols is 1. The van der Waals surface area contributed by atoms with Crippen molar-refractivity contribution in [2.75, 3.05) is 19.6 Å². The Morgan fingerprint density at radius 1 is 1.10 bits per heavy atom. The molecule has 42 heavy (non-hydrogen) atoms. The van der Waals surface area contributed by atoms with E-state index in [9.17, 15) is 27.5 Å². The first-order chi connectivity index (χ1) is 19.8. The minimum absolute atomic E-state index is 0.132. The zero-order valence-electron chi connectivity index (χ0n) is 22.4. The molecule has 5 rings (SSSR count). The molecule has 3 aromatic carbocycles. The van der Waals surface area contributed by atoms with Gasteiger partial charge in [-0.3, -0.25) is 9.36 Å². The van der Waals surface area contributed by atoms with Gasteiger partial charge in [0.1, 0.15) is 22.9 Å². The van der Waals surface area contributed by atoms with Crippen LogP contribution in [0, 0.1) is 12.7 Å². The minimum Gasteiger partial charge on any atom is -0.506 e. The number of aliphatic carboxylic acids is 1. The lowest BCUT2D eigenvalue weighted by atomic mass is 10.1. The first-order valence-corrected chi connectivity index (χ1v) is 13.0. The summed E-state index contributed by atoms with van der Waals surface area (Å²) in [5, 5.41) is 21.6. The minimum atomic E-state index is -5.08. The van der Waals surface area contributed by atoms with Gasteiger partial charge in [-0.25, -0.2) is 9.18 Å². The Bertz CT molecular complexity index is 1630. The monoisotopic (exact) mass is 607 g/mol. The maximum Gasteiger partial charge on any atom is 0.490 e. The highest BCUT2D eigenvalue weighted by Crippen LogP contribution is 2.42. The van der Waals surface area contributed by atoms with Gasteiger partial charge in [0.2, 0.25) is 5.88 Å². The molecule has 1 fully saturated rings. The van der Waals surface area contributed by atoms with Crippen molar-refractivity contribution < 1.29 is 42.1 Å². The van der Waals surface area contributed by atoms with E-state index < -0.39 is 18.0 Å². The third-order valence-corrected chi connectivity index (χ3v) is 6.78. The maximum atomic E-state index is 14.2. The number of rotatable bonds is 4. The van der Waals surface area contributed by atoms with Crippen molar-refractivity contribution in [3.05, 3.63) is 82.6 Å². The number of nitrogens with zero attached hydrogens (tertiary/aromatic N) is 2. The Morgan fingerprint density at radius 2 is 1.76 bits per heavy atom. The van der Waals surface area contributed by atoms with Crippen LogP contribution in [0.3, 0.4) is 0 Å². The molecule has 0 unspecified atom stereocenters. The summed E-state index contributed by atoms with van der Waals surface area (Å²) >= 11 is 6.30. The Labute approximate surface area is 242 Å². The van der Waals surface area contributed by atoms with E-state index in [4.69, 9.17) is 26.2 Å². The van der Waals surface area contributed by atoms with Crippen LogP contribution in [0.4, 0.5) is 17.6 Å². The average molecular weight is 608 g/mol. The number of aryl methyl sites for hydroxylation is 1. The van der Waals surface area contributed by atoms with Gasteiger partial charge in [0.25, 0.3) is 5.91 Å². The summed E-state index contributed by atoms with van der Waals surface area (Å²) in [4.78, 5) is 24.6.